The molecular weight excluding hydrogens is 327 g/mol. The van der Waals surface area contributed by atoms with Crippen molar-refractivity contribution in [2.45, 2.75) is 37.9 Å². The largest absolute Gasteiger partial charge is 0.326 e. The Morgan fingerprint density at radius 1 is 0.870 bits per heavy atom. The predicted molar refractivity (Wildman–Crippen MR) is 102 cm³/mol. The summed E-state index contributed by atoms with van der Waals surface area (Å²) in [7, 11) is 0. The molecule has 1 aliphatic rings. The van der Waals surface area contributed by atoms with Crippen LogP contribution in [-0.4, -0.2) is 23.5 Å². The first-order valence-corrected chi connectivity index (χ1v) is 7.90. The predicted octanol–water partition coefficient (Wildman–Crippen LogP) is 4.06. The second-order valence-corrected chi connectivity index (χ2v) is 6.02. The lowest BCUT2D eigenvalue weighted by Crippen LogP contribution is -2.52. The molecule has 0 bridgehead atoms. The van der Waals surface area contributed by atoms with Crippen LogP contribution in [0.15, 0.2) is 60.7 Å². The van der Waals surface area contributed by atoms with Gasteiger partial charge in [-0.2, -0.15) is 0 Å². The summed E-state index contributed by atoms with van der Waals surface area (Å²) in [5.74, 6) is 0. The first kappa shape index (κ1) is 20.0. The van der Waals surface area contributed by atoms with E-state index in [1.165, 1.54) is 17.5 Å². The van der Waals surface area contributed by atoms with Crippen LogP contribution in [0.3, 0.4) is 0 Å². The smallest absolute Gasteiger partial charge is 0.0291 e. The zero-order chi connectivity index (χ0) is 14.5. The Kier molecular flexibility index (Phi) is 8.64. The van der Waals surface area contributed by atoms with Crippen molar-refractivity contribution >= 4 is 24.8 Å². The Morgan fingerprint density at radius 3 is 2.04 bits per heavy atom. The maximum Gasteiger partial charge on any atom is 0.0291 e. The Bertz CT molecular complexity index is 548. The minimum atomic E-state index is 0. The van der Waals surface area contributed by atoms with Crippen molar-refractivity contribution in [1.29, 1.82) is 0 Å². The summed E-state index contributed by atoms with van der Waals surface area (Å²) in [4.78, 5) is 2.57. The van der Waals surface area contributed by atoms with Gasteiger partial charge in [0.05, 0.1) is 0 Å². The number of nitrogens with zero attached hydrogens (tertiary/aromatic N) is 1. The van der Waals surface area contributed by atoms with E-state index in [0.29, 0.717) is 6.04 Å². The Hall–Kier alpha value is -1.06. The van der Waals surface area contributed by atoms with Gasteiger partial charge in [-0.3, -0.25) is 4.90 Å². The molecule has 4 heteroatoms. The zero-order valence-corrected chi connectivity index (χ0v) is 14.9. The quantitative estimate of drug-likeness (QED) is 0.898. The standard InChI is InChI=1S/C19H24N2.2ClH/c20-18-12-7-13-21(15-17-10-5-2-6-11-17)19(18)14-16-8-3-1-4-9-16;;/h1-6,8-11,18-19H,7,12-15,20H2;2*1H. The van der Waals surface area contributed by atoms with E-state index in [9.17, 15) is 0 Å². The van der Waals surface area contributed by atoms with Crippen LogP contribution in [0.2, 0.25) is 0 Å². The number of benzene rings is 2. The minimum absolute atomic E-state index is 0. The molecule has 2 atom stereocenters. The molecular formula is C19H26Cl2N2. The maximum absolute atomic E-state index is 6.43. The molecule has 1 saturated heterocycles. The first-order valence-electron chi connectivity index (χ1n) is 7.90. The fourth-order valence-corrected chi connectivity index (χ4v) is 3.31. The number of likely N-dealkylation sites (tertiary alicyclic amines) is 1. The van der Waals surface area contributed by atoms with E-state index in [4.69, 9.17) is 5.73 Å². The van der Waals surface area contributed by atoms with Crippen LogP contribution in [0.1, 0.15) is 24.0 Å². The lowest BCUT2D eigenvalue weighted by molar-refractivity contribution is 0.120. The monoisotopic (exact) mass is 352 g/mol. The van der Waals surface area contributed by atoms with Crippen LogP contribution in [0.4, 0.5) is 0 Å². The van der Waals surface area contributed by atoms with Gasteiger partial charge in [0, 0.05) is 18.6 Å². The van der Waals surface area contributed by atoms with Crippen LogP contribution >= 0.6 is 24.8 Å². The molecule has 2 aromatic carbocycles. The molecule has 126 valence electrons. The number of hydrogen-bond donors (Lipinski definition) is 1. The van der Waals surface area contributed by atoms with Gasteiger partial charge in [-0.05, 0) is 36.9 Å². The van der Waals surface area contributed by atoms with Crippen LogP contribution in [0.25, 0.3) is 0 Å². The fourth-order valence-electron chi connectivity index (χ4n) is 3.31. The number of halogens is 2. The van der Waals surface area contributed by atoms with E-state index in [1.807, 2.05) is 0 Å². The van der Waals surface area contributed by atoms with E-state index in [1.54, 1.807) is 0 Å². The van der Waals surface area contributed by atoms with Gasteiger partial charge in [0.1, 0.15) is 0 Å². The molecule has 2 unspecified atom stereocenters. The topological polar surface area (TPSA) is 29.3 Å². The van der Waals surface area contributed by atoms with E-state index < -0.39 is 0 Å². The van der Waals surface area contributed by atoms with Gasteiger partial charge < -0.3 is 5.73 Å². The Balaban J connectivity index is 0.00000132. The Labute approximate surface area is 151 Å². The van der Waals surface area contributed by atoms with Gasteiger partial charge in [-0.15, -0.1) is 24.8 Å². The molecule has 2 N–H and O–H groups in total. The summed E-state index contributed by atoms with van der Waals surface area (Å²) in [5.41, 5.74) is 9.20. The molecule has 2 aromatic rings. The summed E-state index contributed by atoms with van der Waals surface area (Å²) >= 11 is 0. The van der Waals surface area contributed by atoms with Crippen molar-refractivity contribution in [1.82, 2.24) is 4.90 Å². The van der Waals surface area contributed by atoms with Crippen molar-refractivity contribution in [3.63, 3.8) is 0 Å². The van der Waals surface area contributed by atoms with Crippen molar-refractivity contribution in [2.75, 3.05) is 6.54 Å². The highest BCUT2D eigenvalue weighted by Gasteiger charge is 2.28. The highest BCUT2D eigenvalue weighted by Crippen LogP contribution is 2.22. The van der Waals surface area contributed by atoms with Gasteiger partial charge in [-0.25, -0.2) is 0 Å². The average Bonchev–Trinajstić information content (AvgIpc) is 2.53. The number of nitrogens with two attached hydrogens (primary N) is 1. The molecule has 1 fully saturated rings. The lowest BCUT2D eigenvalue weighted by Gasteiger charge is -2.40. The van der Waals surface area contributed by atoms with Crippen LogP contribution in [-0.2, 0) is 13.0 Å². The summed E-state index contributed by atoms with van der Waals surface area (Å²) in [5, 5.41) is 0. The van der Waals surface area contributed by atoms with Crippen molar-refractivity contribution < 1.29 is 0 Å². The molecule has 0 aromatic heterocycles. The van der Waals surface area contributed by atoms with E-state index in [-0.39, 0.29) is 30.9 Å². The normalized spacial score (nSPS) is 21.1. The molecule has 0 radical (unpaired) electrons. The molecule has 23 heavy (non-hydrogen) atoms. The van der Waals surface area contributed by atoms with Crippen molar-refractivity contribution in [2.24, 2.45) is 5.73 Å². The zero-order valence-electron chi connectivity index (χ0n) is 13.3. The van der Waals surface area contributed by atoms with E-state index >= 15 is 0 Å². The van der Waals surface area contributed by atoms with Crippen molar-refractivity contribution in [3.8, 4) is 0 Å². The van der Waals surface area contributed by atoms with Gasteiger partial charge >= 0.3 is 0 Å². The summed E-state index contributed by atoms with van der Waals surface area (Å²) in [6.45, 7) is 2.16. The first-order chi connectivity index (χ1) is 10.3. The van der Waals surface area contributed by atoms with Gasteiger partial charge in [0.25, 0.3) is 0 Å². The van der Waals surface area contributed by atoms with E-state index in [0.717, 1.165) is 25.9 Å². The molecule has 1 aliphatic heterocycles. The van der Waals surface area contributed by atoms with Crippen LogP contribution in [0, 0.1) is 0 Å². The fraction of sp³-hybridized carbons (Fsp3) is 0.368. The number of piperidine rings is 1. The van der Waals surface area contributed by atoms with Crippen molar-refractivity contribution in [3.05, 3.63) is 71.8 Å². The molecule has 0 amide bonds. The highest BCUT2D eigenvalue weighted by molar-refractivity contribution is 5.85. The molecule has 2 nitrogen and oxygen atoms in total. The third-order valence-electron chi connectivity index (χ3n) is 4.46. The third kappa shape index (κ3) is 5.50. The van der Waals surface area contributed by atoms with Crippen LogP contribution < -0.4 is 5.73 Å². The maximum atomic E-state index is 6.43. The van der Waals surface area contributed by atoms with E-state index in [2.05, 4.69) is 65.6 Å². The molecule has 0 saturated carbocycles. The second kappa shape index (κ2) is 9.94. The molecule has 0 spiro atoms. The molecule has 3 rings (SSSR count). The average molecular weight is 353 g/mol. The summed E-state index contributed by atoms with van der Waals surface area (Å²) < 4.78 is 0. The molecule has 0 aliphatic carbocycles. The minimum Gasteiger partial charge on any atom is -0.326 e. The van der Waals surface area contributed by atoms with Gasteiger partial charge in [0.15, 0.2) is 0 Å². The SMILES string of the molecule is Cl.Cl.NC1CCCN(Cc2ccccc2)C1Cc1ccccc1. The highest BCUT2D eigenvalue weighted by atomic mass is 35.5. The van der Waals surface area contributed by atoms with Gasteiger partial charge in [0.2, 0.25) is 0 Å². The lowest BCUT2D eigenvalue weighted by atomic mass is 9.91. The second-order valence-electron chi connectivity index (χ2n) is 6.02. The Morgan fingerprint density at radius 2 is 1.43 bits per heavy atom. The molecule has 1 heterocycles. The van der Waals surface area contributed by atoms with Gasteiger partial charge in [-0.1, -0.05) is 60.7 Å². The summed E-state index contributed by atoms with van der Waals surface area (Å²) in [6, 6.07) is 22.2. The number of rotatable bonds is 4. The third-order valence-corrected chi connectivity index (χ3v) is 4.46. The van der Waals surface area contributed by atoms with Crippen LogP contribution in [0.5, 0.6) is 0 Å². The summed E-state index contributed by atoms with van der Waals surface area (Å²) in [6.07, 6.45) is 3.40. The number of hydrogen-bond acceptors (Lipinski definition) is 2.